The molecule has 0 aliphatic carbocycles. The van der Waals surface area contributed by atoms with Crippen LogP contribution in [0.5, 0.6) is 11.5 Å². The predicted molar refractivity (Wildman–Crippen MR) is 76.5 cm³/mol. The van der Waals surface area contributed by atoms with Crippen molar-refractivity contribution < 1.29 is 14.0 Å². The molecule has 3 heterocycles. The molecule has 0 saturated carbocycles. The summed E-state index contributed by atoms with van der Waals surface area (Å²) in [7, 11) is 1.90. The highest BCUT2D eigenvalue weighted by molar-refractivity contribution is 5.61. The van der Waals surface area contributed by atoms with Crippen molar-refractivity contribution >= 4 is 0 Å². The molecule has 0 spiro atoms. The molecule has 1 aliphatic heterocycles. The zero-order valence-corrected chi connectivity index (χ0v) is 12.0. The lowest BCUT2D eigenvalue weighted by Crippen LogP contribution is -1.95. The summed E-state index contributed by atoms with van der Waals surface area (Å²) in [6, 6.07) is 7.58. The number of hydrogen-bond donors (Lipinski definition) is 0. The second-order valence-electron chi connectivity index (χ2n) is 5.06. The maximum atomic E-state index is 5.36. The van der Waals surface area contributed by atoms with Crippen molar-refractivity contribution in [2.45, 2.75) is 12.8 Å². The lowest BCUT2D eigenvalue weighted by molar-refractivity contribution is 0.174. The highest BCUT2D eigenvalue weighted by Crippen LogP contribution is 2.35. The molecule has 22 heavy (non-hydrogen) atoms. The van der Waals surface area contributed by atoms with Gasteiger partial charge < -0.3 is 14.0 Å². The van der Waals surface area contributed by atoms with Crippen LogP contribution >= 0.6 is 0 Å². The molecular weight excluding hydrogens is 284 g/mol. The van der Waals surface area contributed by atoms with E-state index >= 15 is 0 Å². The van der Waals surface area contributed by atoms with Crippen molar-refractivity contribution in [3.8, 4) is 22.9 Å². The van der Waals surface area contributed by atoms with E-state index in [0.29, 0.717) is 23.9 Å². The maximum absolute atomic E-state index is 5.36. The molecule has 0 saturated heterocycles. The summed E-state index contributed by atoms with van der Waals surface area (Å²) in [6.45, 7) is 0.250. The Morgan fingerprint density at radius 3 is 2.91 bits per heavy atom. The third-order valence-corrected chi connectivity index (χ3v) is 3.46. The van der Waals surface area contributed by atoms with Gasteiger partial charge in [-0.2, -0.15) is 10.1 Å². The van der Waals surface area contributed by atoms with Gasteiger partial charge in [-0.15, -0.1) is 0 Å². The van der Waals surface area contributed by atoms with Crippen LogP contribution in [-0.2, 0) is 19.9 Å². The van der Waals surface area contributed by atoms with E-state index in [4.69, 9.17) is 14.0 Å². The first kappa shape index (κ1) is 12.9. The smallest absolute Gasteiger partial charge is 0.231 e. The summed E-state index contributed by atoms with van der Waals surface area (Å²) >= 11 is 0. The van der Waals surface area contributed by atoms with Gasteiger partial charge in [0.15, 0.2) is 11.5 Å². The molecule has 3 aromatic rings. The van der Waals surface area contributed by atoms with Gasteiger partial charge in [0, 0.05) is 31.6 Å². The number of aryl methyl sites for hydroxylation is 3. The van der Waals surface area contributed by atoms with Crippen LogP contribution in [0.15, 0.2) is 35.0 Å². The van der Waals surface area contributed by atoms with E-state index in [0.717, 1.165) is 23.4 Å². The van der Waals surface area contributed by atoms with E-state index < -0.39 is 0 Å². The van der Waals surface area contributed by atoms with Gasteiger partial charge in [0.1, 0.15) is 0 Å². The lowest BCUT2D eigenvalue weighted by Gasteiger charge is -1.97. The van der Waals surface area contributed by atoms with Crippen LogP contribution in [0.2, 0.25) is 0 Å². The van der Waals surface area contributed by atoms with Crippen molar-refractivity contribution in [3.63, 3.8) is 0 Å². The van der Waals surface area contributed by atoms with Gasteiger partial charge in [-0.05, 0) is 24.3 Å². The summed E-state index contributed by atoms with van der Waals surface area (Å²) in [5, 5.41) is 8.35. The Morgan fingerprint density at radius 1 is 1.14 bits per heavy atom. The minimum atomic E-state index is 0.250. The Morgan fingerprint density at radius 2 is 2.05 bits per heavy atom. The number of nitrogens with zero attached hydrogens (tertiary/aromatic N) is 4. The molecule has 7 heteroatoms. The summed E-state index contributed by atoms with van der Waals surface area (Å²) in [6.07, 6.45) is 3.35. The van der Waals surface area contributed by atoms with Gasteiger partial charge in [-0.25, -0.2) is 0 Å². The highest BCUT2D eigenvalue weighted by atomic mass is 16.7. The Kier molecular flexibility index (Phi) is 3.03. The van der Waals surface area contributed by atoms with Crippen molar-refractivity contribution in [2.75, 3.05) is 6.79 Å². The van der Waals surface area contributed by atoms with Crippen LogP contribution in [0.1, 0.15) is 11.6 Å². The van der Waals surface area contributed by atoms with Gasteiger partial charge in [0.05, 0.1) is 5.69 Å². The summed E-state index contributed by atoms with van der Waals surface area (Å²) in [4.78, 5) is 4.42. The monoisotopic (exact) mass is 298 g/mol. The number of aromatic nitrogens is 4. The van der Waals surface area contributed by atoms with Crippen LogP contribution in [-0.4, -0.2) is 26.7 Å². The van der Waals surface area contributed by atoms with Crippen molar-refractivity contribution in [3.05, 3.63) is 42.0 Å². The molecule has 2 aromatic heterocycles. The third kappa shape index (κ3) is 2.41. The molecule has 1 aliphatic rings. The van der Waals surface area contributed by atoms with Crippen LogP contribution in [0.4, 0.5) is 0 Å². The molecule has 4 rings (SSSR count). The second kappa shape index (κ2) is 5.18. The fourth-order valence-electron chi connectivity index (χ4n) is 2.34. The zero-order valence-electron chi connectivity index (χ0n) is 12.0. The normalized spacial score (nSPS) is 12.8. The summed E-state index contributed by atoms with van der Waals surface area (Å²) in [5.41, 5.74) is 1.85. The number of fused-ring (bicyclic) bond motifs is 1. The van der Waals surface area contributed by atoms with Gasteiger partial charge in [0.2, 0.25) is 18.5 Å². The Labute approximate surface area is 126 Å². The van der Waals surface area contributed by atoms with E-state index in [1.807, 2.05) is 37.5 Å². The number of benzene rings is 1. The van der Waals surface area contributed by atoms with E-state index in [1.54, 1.807) is 4.68 Å². The van der Waals surface area contributed by atoms with E-state index in [9.17, 15) is 0 Å². The van der Waals surface area contributed by atoms with Gasteiger partial charge >= 0.3 is 0 Å². The van der Waals surface area contributed by atoms with Crippen molar-refractivity contribution in [2.24, 2.45) is 7.05 Å². The molecular formula is C15H14N4O3. The fourth-order valence-corrected chi connectivity index (χ4v) is 2.34. The number of hydrogen-bond acceptors (Lipinski definition) is 6. The van der Waals surface area contributed by atoms with Crippen LogP contribution in [0.3, 0.4) is 0 Å². The van der Waals surface area contributed by atoms with Crippen LogP contribution in [0.25, 0.3) is 11.4 Å². The maximum Gasteiger partial charge on any atom is 0.231 e. The molecule has 0 radical (unpaired) electrons. The van der Waals surface area contributed by atoms with Gasteiger partial charge in [-0.3, -0.25) is 4.68 Å². The minimum absolute atomic E-state index is 0.250. The van der Waals surface area contributed by atoms with E-state index in [1.165, 1.54) is 0 Å². The quantitative estimate of drug-likeness (QED) is 0.733. The first-order chi connectivity index (χ1) is 10.8. The average molecular weight is 298 g/mol. The molecule has 0 atom stereocenters. The van der Waals surface area contributed by atoms with Gasteiger partial charge in [-0.1, -0.05) is 5.16 Å². The predicted octanol–water partition coefficient (Wildman–Crippen LogP) is 1.98. The topological polar surface area (TPSA) is 75.2 Å². The van der Waals surface area contributed by atoms with E-state index in [2.05, 4.69) is 15.2 Å². The van der Waals surface area contributed by atoms with Crippen molar-refractivity contribution in [1.82, 2.24) is 19.9 Å². The molecule has 0 bridgehead atoms. The molecule has 0 unspecified atom stereocenters. The Balaban J connectivity index is 1.49. The molecule has 7 nitrogen and oxygen atoms in total. The standard InChI is InChI=1S/C15H14N4O3/c1-19-7-6-11(17-19)3-5-14-16-15(18-22-14)10-2-4-12-13(8-10)21-9-20-12/h2,4,6-8H,3,5,9H2,1H3. The second-order valence-corrected chi connectivity index (χ2v) is 5.06. The van der Waals surface area contributed by atoms with E-state index in [-0.39, 0.29) is 6.79 Å². The molecule has 0 amide bonds. The first-order valence-electron chi connectivity index (χ1n) is 6.99. The Bertz CT molecular complexity index is 809. The highest BCUT2D eigenvalue weighted by Gasteiger charge is 2.16. The zero-order chi connectivity index (χ0) is 14.9. The third-order valence-electron chi connectivity index (χ3n) is 3.46. The largest absolute Gasteiger partial charge is 0.454 e. The first-order valence-corrected chi connectivity index (χ1v) is 6.99. The van der Waals surface area contributed by atoms with Gasteiger partial charge in [0.25, 0.3) is 0 Å². The van der Waals surface area contributed by atoms with Crippen LogP contribution < -0.4 is 9.47 Å². The van der Waals surface area contributed by atoms with Crippen LogP contribution in [0, 0.1) is 0 Å². The number of rotatable bonds is 4. The molecule has 1 aromatic carbocycles. The lowest BCUT2D eigenvalue weighted by atomic mass is 10.2. The number of ether oxygens (including phenoxy) is 2. The SMILES string of the molecule is Cn1ccc(CCc2nc(-c3ccc4c(c3)OCO4)no2)n1. The minimum Gasteiger partial charge on any atom is -0.454 e. The summed E-state index contributed by atoms with van der Waals surface area (Å²) < 4.78 is 17.7. The fraction of sp³-hybridized carbons (Fsp3) is 0.267. The Hall–Kier alpha value is -2.83. The molecule has 0 N–H and O–H groups in total. The molecule has 0 fully saturated rings. The molecule has 112 valence electrons. The average Bonchev–Trinajstić information content (AvgIpc) is 3.24. The van der Waals surface area contributed by atoms with Crippen molar-refractivity contribution in [1.29, 1.82) is 0 Å². The summed E-state index contributed by atoms with van der Waals surface area (Å²) in [5.74, 6) is 2.59.